The Kier molecular flexibility index (Phi) is 5.87. The molecule has 1 nitrogen and oxygen atoms in total. The lowest BCUT2D eigenvalue weighted by Crippen LogP contribution is -2.13. The smallest absolute Gasteiger partial charge is 0.195 e. The first-order valence-corrected chi connectivity index (χ1v) is 11.9. The number of ketones is 1. The molecule has 0 heterocycles. The van der Waals surface area contributed by atoms with Crippen molar-refractivity contribution in [1.29, 1.82) is 0 Å². The van der Waals surface area contributed by atoms with Gasteiger partial charge in [-0.3, -0.25) is 4.79 Å². The molecule has 30 heavy (non-hydrogen) atoms. The molecule has 0 bridgehead atoms. The predicted octanol–water partition coefficient (Wildman–Crippen LogP) is 9.00. The zero-order valence-corrected chi connectivity index (χ0v) is 20.8. The van der Waals surface area contributed by atoms with E-state index in [1.165, 1.54) is 0 Å². The van der Waals surface area contributed by atoms with Crippen LogP contribution in [0.2, 0.25) is 0 Å². The topological polar surface area (TPSA) is 17.1 Å². The Hall–Kier alpha value is -1.97. The van der Waals surface area contributed by atoms with E-state index < -0.39 is 0 Å². The molecule has 0 fully saturated rings. The summed E-state index contributed by atoms with van der Waals surface area (Å²) in [4.78, 5) is 14.2. The van der Waals surface area contributed by atoms with E-state index >= 15 is 0 Å². The van der Waals surface area contributed by atoms with Crippen LogP contribution in [0.1, 0.15) is 66.6 Å². The maximum absolute atomic E-state index is 14.2. The summed E-state index contributed by atoms with van der Waals surface area (Å²) < 4.78 is 1.76. The minimum atomic E-state index is 0.0673. The van der Waals surface area contributed by atoms with Crippen molar-refractivity contribution in [2.24, 2.45) is 0 Å². The van der Waals surface area contributed by atoms with E-state index in [1.807, 2.05) is 24.3 Å². The Morgan fingerprint density at radius 1 is 0.667 bits per heavy atom. The summed E-state index contributed by atoms with van der Waals surface area (Å²) >= 11 is 7.60. The number of hydrogen-bond acceptors (Lipinski definition) is 1. The average Bonchev–Trinajstić information content (AvgIpc) is 2.73. The van der Waals surface area contributed by atoms with Gasteiger partial charge in [-0.2, -0.15) is 0 Å². The van der Waals surface area contributed by atoms with Gasteiger partial charge < -0.3 is 0 Å². The van der Waals surface area contributed by atoms with Gasteiger partial charge in [-0.25, -0.2) is 0 Å². The molecule has 152 valence electrons. The second-order valence-electron chi connectivity index (χ2n) is 8.39. The highest BCUT2D eigenvalue weighted by molar-refractivity contribution is 9.11. The minimum absolute atomic E-state index is 0.0673. The summed E-state index contributed by atoms with van der Waals surface area (Å²) in [6, 6.07) is 20.8. The van der Waals surface area contributed by atoms with Crippen molar-refractivity contribution in [2.45, 2.75) is 39.5 Å². The molecule has 0 amide bonds. The van der Waals surface area contributed by atoms with Crippen LogP contribution in [0.25, 0.3) is 21.5 Å². The summed E-state index contributed by atoms with van der Waals surface area (Å²) in [5.74, 6) is 0.524. The Bertz CT molecular complexity index is 1190. The van der Waals surface area contributed by atoms with E-state index in [0.29, 0.717) is 0 Å². The number of carbonyl (C=O) groups excluding carboxylic acids is 1. The van der Waals surface area contributed by atoms with Crippen LogP contribution in [0, 0.1) is 0 Å². The van der Waals surface area contributed by atoms with Gasteiger partial charge in [0.05, 0.1) is 0 Å². The van der Waals surface area contributed by atoms with Gasteiger partial charge in [-0.1, -0.05) is 88.4 Å². The van der Waals surface area contributed by atoms with Crippen molar-refractivity contribution in [1.82, 2.24) is 0 Å². The Morgan fingerprint density at radius 2 is 1.03 bits per heavy atom. The van der Waals surface area contributed by atoms with Crippen molar-refractivity contribution >= 4 is 59.2 Å². The molecule has 0 saturated carbocycles. The number of benzene rings is 4. The third-order valence-corrected chi connectivity index (χ3v) is 7.38. The fraction of sp³-hybridized carbons (Fsp3) is 0.222. The lowest BCUT2D eigenvalue weighted by molar-refractivity contribution is 0.103. The van der Waals surface area contributed by atoms with Crippen LogP contribution in [0.5, 0.6) is 0 Å². The second kappa shape index (κ2) is 8.28. The predicted molar refractivity (Wildman–Crippen MR) is 135 cm³/mol. The van der Waals surface area contributed by atoms with Gasteiger partial charge in [-0.05, 0) is 76.4 Å². The summed E-state index contributed by atoms with van der Waals surface area (Å²) in [6.45, 7) is 8.58. The van der Waals surface area contributed by atoms with Gasteiger partial charge >= 0.3 is 0 Å². The van der Waals surface area contributed by atoms with Crippen LogP contribution < -0.4 is 0 Å². The fourth-order valence-electron chi connectivity index (χ4n) is 4.14. The van der Waals surface area contributed by atoms with Crippen molar-refractivity contribution in [2.75, 3.05) is 0 Å². The summed E-state index contributed by atoms with van der Waals surface area (Å²) in [6.07, 6.45) is 0. The van der Waals surface area contributed by atoms with E-state index in [2.05, 4.69) is 96.0 Å². The van der Waals surface area contributed by atoms with Crippen LogP contribution in [0.3, 0.4) is 0 Å². The quantitative estimate of drug-likeness (QED) is 0.244. The van der Waals surface area contributed by atoms with E-state index in [0.717, 1.165) is 52.7 Å². The van der Waals surface area contributed by atoms with E-state index in [1.54, 1.807) is 0 Å². The van der Waals surface area contributed by atoms with Crippen molar-refractivity contribution in [3.05, 3.63) is 91.9 Å². The molecule has 0 radical (unpaired) electrons. The van der Waals surface area contributed by atoms with Crippen molar-refractivity contribution in [3.63, 3.8) is 0 Å². The van der Waals surface area contributed by atoms with Gasteiger partial charge in [0.2, 0.25) is 0 Å². The summed E-state index contributed by atoms with van der Waals surface area (Å²) in [5, 5.41) is 4.42. The number of rotatable bonds is 4. The van der Waals surface area contributed by atoms with E-state index in [-0.39, 0.29) is 17.6 Å². The SMILES string of the molecule is CC(C)c1cc2ccccc2c(Br)c1C(=O)c1c(C(C)C)cc2ccccc2c1Br. The Labute approximate surface area is 194 Å². The first-order chi connectivity index (χ1) is 14.3. The van der Waals surface area contributed by atoms with Crippen LogP contribution in [-0.4, -0.2) is 5.78 Å². The first-order valence-electron chi connectivity index (χ1n) is 10.3. The molecule has 0 saturated heterocycles. The molecule has 3 heteroatoms. The largest absolute Gasteiger partial charge is 0.289 e. The lowest BCUT2D eigenvalue weighted by Gasteiger charge is -2.21. The third kappa shape index (κ3) is 3.52. The highest BCUT2D eigenvalue weighted by Crippen LogP contribution is 2.40. The monoisotopic (exact) mass is 522 g/mol. The Morgan fingerprint density at radius 3 is 1.40 bits per heavy atom. The van der Waals surface area contributed by atoms with Crippen LogP contribution >= 0.6 is 31.9 Å². The molecule has 4 rings (SSSR count). The van der Waals surface area contributed by atoms with Gasteiger partial charge in [0.1, 0.15) is 0 Å². The maximum atomic E-state index is 14.2. The van der Waals surface area contributed by atoms with E-state index in [9.17, 15) is 4.79 Å². The summed E-state index contributed by atoms with van der Waals surface area (Å²) in [7, 11) is 0. The minimum Gasteiger partial charge on any atom is -0.289 e. The van der Waals surface area contributed by atoms with E-state index in [4.69, 9.17) is 0 Å². The average molecular weight is 524 g/mol. The molecule has 0 aliphatic heterocycles. The molecule has 0 aliphatic rings. The van der Waals surface area contributed by atoms with Gasteiger partial charge in [0.15, 0.2) is 5.78 Å². The molecule has 0 unspecified atom stereocenters. The zero-order valence-electron chi connectivity index (χ0n) is 17.6. The number of halogens is 2. The number of fused-ring (bicyclic) bond motifs is 2. The number of hydrogen-bond donors (Lipinski definition) is 0. The fourth-order valence-corrected chi connectivity index (χ4v) is 5.69. The van der Waals surface area contributed by atoms with Gasteiger partial charge in [-0.15, -0.1) is 0 Å². The van der Waals surface area contributed by atoms with Crippen LogP contribution in [-0.2, 0) is 0 Å². The number of carbonyl (C=O) groups is 1. The zero-order chi connectivity index (χ0) is 21.6. The standard InChI is InChI=1S/C27H24Br2O/c1-15(2)21-13-17-9-5-7-11-19(17)25(28)23(21)27(30)24-22(16(3)4)14-18-10-6-8-12-20(18)26(24)29/h5-16H,1-4H3. The highest BCUT2D eigenvalue weighted by atomic mass is 79.9. The Balaban J connectivity index is 2.07. The molecule has 0 aliphatic carbocycles. The van der Waals surface area contributed by atoms with Crippen LogP contribution in [0.15, 0.2) is 69.6 Å². The second-order valence-corrected chi connectivity index (χ2v) is 9.98. The molecule has 0 aromatic heterocycles. The molecular weight excluding hydrogens is 500 g/mol. The van der Waals surface area contributed by atoms with Crippen molar-refractivity contribution < 1.29 is 4.79 Å². The lowest BCUT2D eigenvalue weighted by atomic mass is 9.85. The molecule has 4 aromatic carbocycles. The van der Waals surface area contributed by atoms with Crippen LogP contribution in [0.4, 0.5) is 0 Å². The molecule has 4 aromatic rings. The summed E-state index contributed by atoms with van der Waals surface area (Å²) in [5.41, 5.74) is 3.67. The highest BCUT2D eigenvalue weighted by Gasteiger charge is 2.26. The molecular formula is C27H24Br2O. The third-order valence-electron chi connectivity index (χ3n) is 5.73. The normalized spacial score (nSPS) is 11.7. The first kappa shape index (κ1) is 21.3. The van der Waals surface area contributed by atoms with Gasteiger partial charge in [0, 0.05) is 20.1 Å². The molecule has 0 spiro atoms. The molecule has 0 N–H and O–H groups in total. The molecule has 0 atom stereocenters. The van der Waals surface area contributed by atoms with Gasteiger partial charge in [0.25, 0.3) is 0 Å². The van der Waals surface area contributed by atoms with Crippen molar-refractivity contribution in [3.8, 4) is 0 Å². The maximum Gasteiger partial charge on any atom is 0.195 e.